The summed E-state index contributed by atoms with van der Waals surface area (Å²) in [7, 11) is 0. The highest BCUT2D eigenvalue weighted by molar-refractivity contribution is 6.31. The molecule has 1 heterocycles. The molecular formula is C14H21ClN2. The Bertz CT molecular complexity index is 415. The van der Waals surface area contributed by atoms with Crippen molar-refractivity contribution in [2.75, 3.05) is 18.0 Å². The van der Waals surface area contributed by atoms with Crippen LogP contribution < -0.4 is 10.6 Å². The van der Waals surface area contributed by atoms with Gasteiger partial charge in [0, 0.05) is 29.8 Å². The van der Waals surface area contributed by atoms with Crippen LogP contribution in [0.1, 0.15) is 25.8 Å². The molecule has 1 aliphatic heterocycles. The van der Waals surface area contributed by atoms with E-state index in [1.807, 2.05) is 12.1 Å². The first-order valence-corrected chi connectivity index (χ1v) is 6.55. The maximum atomic E-state index is 6.25. The molecule has 0 spiro atoms. The summed E-state index contributed by atoms with van der Waals surface area (Å²) in [5, 5.41) is 0.834. The lowest BCUT2D eigenvalue weighted by Gasteiger charge is -2.43. The van der Waals surface area contributed by atoms with E-state index in [0.29, 0.717) is 0 Å². The molecule has 2 nitrogen and oxygen atoms in total. The molecule has 2 rings (SSSR count). The predicted octanol–water partition coefficient (Wildman–Crippen LogP) is 3.21. The second-order valence-electron chi connectivity index (χ2n) is 5.68. The summed E-state index contributed by atoms with van der Waals surface area (Å²) in [5.74, 6) is 0. The first-order valence-electron chi connectivity index (χ1n) is 6.17. The monoisotopic (exact) mass is 252 g/mol. The summed E-state index contributed by atoms with van der Waals surface area (Å²) in [6, 6.07) is 6.30. The number of hydrogen-bond donors (Lipinski definition) is 1. The Hall–Kier alpha value is -0.730. The largest absolute Gasteiger partial charge is 0.370 e. The molecule has 1 aliphatic rings. The third-order valence-corrected chi connectivity index (χ3v) is 4.44. The van der Waals surface area contributed by atoms with Crippen LogP contribution in [-0.2, 0) is 0 Å². The summed E-state index contributed by atoms with van der Waals surface area (Å²) in [6.07, 6.45) is 1.13. The number of nitrogens with zero attached hydrogens (tertiary/aromatic N) is 1. The van der Waals surface area contributed by atoms with E-state index in [9.17, 15) is 0 Å². The van der Waals surface area contributed by atoms with Crippen LogP contribution >= 0.6 is 11.6 Å². The first-order chi connectivity index (χ1) is 7.92. The van der Waals surface area contributed by atoms with Gasteiger partial charge < -0.3 is 10.6 Å². The lowest BCUT2D eigenvalue weighted by molar-refractivity contribution is 0.235. The number of nitrogens with two attached hydrogens (primary N) is 1. The van der Waals surface area contributed by atoms with Crippen LogP contribution in [-0.4, -0.2) is 19.1 Å². The summed E-state index contributed by atoms with van der Waals surface area (Å²) in [5.41, 5.74) is 8.87. The van der Waals surface area contributed by atoms with Gasteiger partial charge in [-0.2, -0.15) is 0 Å². The van der Waals surface area contributed by atoms with E-state index in [4.69, 9.17) is 17.3 Å². The highest BCUT2D eigenvalue weighted by Gasteiger charge is 2.33. The van der Waals surface area contributed by atoms with Crippen molar-refractivity contribution in [2.24, 2.45) is 11.1 Å². The Labute approximate surface area is 109 Å². The number of benzene rings is 1. The molecule has 1 fully saturated rings. The van der Waals surface area contributed by atoms with E-state index in [1.54, 1.807) is 0 Å². The van der Waals surface area contributed by atoms with Gasteiger partial charge >= 0.3 is 0 Å². The topological polar surface area (TPSA) is 29.3 Å². The van der Waals surface area contributed by atoms with E-state index in [-0.39, 0.29) is 11.5 Å². The molecule has 0 bridgehead atoms. The van der Waals surface area contributed by atoms with Crippen LogP contribution in [0.15, 0.2) is 18.2 Å². The fourth-order valence-corrected chi connectivity index (χ4v) is 2.51. The molecule has 1 aromatic rings. The van der Waals surface area contributed by atoms with Crippen molar-refractivity contribution in [3.8, 4) is 0 Å². The maximum absolute atomic E-state index is 6.25. The Morgan fingerprint density at radius 2 is 2.12 bits per heavy atom. The van der Waals surface area contributed by atoms with Crippen LogP contribution in [0.3, 0.4) is 0 Å². The van der Waals surface area contributed by atoms with Crippen molar-refractivity contribution in [3.05, 3.63) is 28.8 Å². The van der Waals surface area contributed by atoms with Crippen LogP contribution in [0.5, 0.6) is 0 Å². The molecule has 1 unspecified atom stereocenters. The number of rotatable bonds is 1. The number of halogens is 1. The van der Waals surface area contributed by atoms with E-state index in [2.05, 4.69) is 31.7 Å². The zero-order chi connectivity index (χ0) is 12.6. The van der Waals surface area contributed by atoms with Gasteiger partial charge in [-0.25, -0.2) is 0 Å². The van der Waals surface area contributed by atoms with E-state index in [1.165, 1.54) is 5.69 Å². The predicted molar refractivity (Wildman–Crippen MR) is 74.8 cm³/mol. The molecule has 0 saturated carbocycles. The third-order valence-electron chi connectivity index (χ3n) is 4.03. The molecule has 2 N–H and O–H groups in total. The minimum Gasteiger partial charge on any atom is -0.370 e. The van der Waals surface area contributed by atoms with Gasteiger partial charge in [-0.05, 0) is 36.5 Å². The second kappa shape index (κ2) is 4.51. The Balaban J connectivity index is 2.23. The van der Waals surface area contributed by atoms with Crippen LogP contribution in [0.2, 0.25) is 5.02 Å². The molecule has 0 aromatic heterocycles. The summed E-state index contributed by atoms with van der Waals surface area (Å²) in [6.45, 7) is 8.54. The number of piperidine rings is 1. The average Bonchev–Trinajstić information content (AvgIpc) is 2.26. The number of anilines is 1. The molecule has 0 amide bonds. The molecule has 3 heteroatoms. The summed E-state index contributed by atoms with van der Waals surface area (Å²) >= 11 is 6.17. The molecular weight excluding hydrogens is 232 g/mol. The van der Waals surface area contributed by atoms with Gasteiger partial charge in [-0.1, -0.05) is 31.5 Å². The van der Waals surface area contributed by atoms with Crippen LogP contribution in [0.4, 0.5) is 5.69 Å². The molecule has 1 saturated heterocycles. The fraction of sp³-hybridized carbons (Fsp3) is 0.571. The van der Waals surface area contributed by atoms with Crippen molar-refractivity contribution in [1.82, 2.24) is 0 Å². The SMILES string of the molecule is Cc1c(Cl)cccc1N1CCC(C)(C)C(N)C1. The molecule has 17 heavy (non-hydrogen) atoms. The molecule has 1 atom stereocenters. The lowest BCUT2D eigenvalue weighted by Crippen LogP contribution is -2.53. The van der Waals surface area contributed by atoms with Gasteiger partial charge in [0.25, 0.3) is 0 Å². The van der Waals surface area contributed by atoms with Gasteiger partial charge in [0.05, 0.1) is 0 Å². The van der Waals surface area contributed by atoms with Crippen LogP contribution in [0, 0.1) is 12.3 Å². The third kappa shape index (κ3) is 2.43. The maximum Gasteiger partial charge on any atom is 0.0455 e. The molecule has 1 aromatic carbocycles. The van der Waals surface area contributed by atoms with Gasteiger partial charge in [0.15, 0.2) is 0 Å². The number of hydrogen-bond acceptors (Lipinski definition) is 2. The van der Waals surface area contributed by atoms with E-state index >= 15 is 0 Å². The van der Waals surface area contributed by atoms with E-state index < -0.39 is 0 Å². The fourth-order valence-electron chi connectivity index (χ4n) is 2.34. The Morgan fingerprint density at radius 1 is 1.41 bits per heavy atom. The van der Waals surface area contributed by atoms with Gasteiger partial charge in [0.1, 0.15) is 0 Å². The minimum absolute atomic E-state index is 0.217. The first kappa shape index (κ1) is 12.7. The Kier molecular flexibility index (Phi) is 3.37. The van der Waals surface area contributed by atoms with Gasteiger partial charge in [-0.3, -0.25) is 0 Å². The van der Waals surface area contributed by atoms with Crippen LogP contribution in [0.25, 0.3) is 0 Å². The summed E-state index contributed by atoms with van der Waals surface area (Å²) < 4.78 is 0. The zero-order valence-electron chi connectivity index (χ0n) is 10.8. The van der Waals surface area contributed by atoms with Crippen molar-refractivity contribution in [1.29, 1.82) is 0 Å². The second-order valence-corrected chi connectivity index (χ2v) is 6.08. The van der Waals surface area contributed by atoms with Gasteiger partial charge in [-0.15, -0.1) is 0 Å². The smallest absolute Gasteiger partial charge is 0.0455 e. The molecule has 0 aliphatic carbocycles. The molecule has 0 radical (unpaired) electrons. The Morgan fingerprint density at radius 3 is 2.76 bits per heavy atom. The summed E-state index contributed by atoms with van der Waals surface area (Å²) in [4.78, 5) is 2.36. The van der Waals surface area contributed by atoms with Crippen molar-refractivity contribution < 1.29 is 0 Å². The van der Waals surface area contributed by atoms with Gasteiger partial charge in [0.2, 0.25) is 0 Å². The van der Waals surface area contributed by atoms with Crippen molar-refractivity contribution >= 4 is 17.3 Å². The standard InChI is InChI=1S/C14H21ClN2/c1-10-11(15)5-4-6-12(10)17-8-7-14(2,3)13(16)9-17/h4-6,13H,7-9,16H2,1-3H3. The van der Waals surface area contributed by atoms with Crippen molar-refractivity contribution in [2.45, 2.75) is 33.2 Å². The normalized spacial score (nSPS) is 23.8. The minimum atomic E-state index is 0.217. The highest BCUT2D eigenvalue weighted by Crippen LogP contribution is 2.34. The molecule has 94 valence electrons. The highest BCUT2D eigenvalue weighted by atomic mass is 35.5. The zero-order valence-corrected chi connectivity index (χ0v) is 11.6. The van der Waals surface area contributed by atoms with Crippen molar-refractivity contribution in [3.63, 3.8) is 0 Å². The lowest BCUT2D eigenvalue weighted by atomic mass is 9.78. The average molecular weight is 253 g/mol. The van der Waals surface area contributed by atoms with E-state index in [0.717, 1.165) is 30.1 Å². The quantitative estimate of drug-likeness (QED) is 0.832.